The van der Waals surface area contributed by atoms with Crippen LogP contribution in [-0.2, 0) is 4.79 Å². The third kappa shape index (κ3) is 5.20. The van der Waals surface area contributed by atoms with Gasteiger partial charge in [0.25, 0.3) is 0 Å². The van der Waals surface area contributed by atoms with Crippen molar-refractivity contribution in [3.8, 4) is 5.88 Å². The Morgan fingerprint density at radius 3 is 2.19 bits per heavy atom. The molecule has 31 heavy (non-hydrogen) atoms. The summed E-state index contributed by atoms with van der Waals surface area (Å²) in [6.45, 7) is 1.27. The van der Waals surface area contributed by atoms with Crippen molar-refractivity contribution in [3.05, 3.63) is 83.9 Å². The second kappa shape index (κ2) is 9.60. The number of rotatable bonds is 7. The average Bonchev–Trinajstić information content (AvgIpc) is 3.27. The molecule has 6 nitrogen and oxygen atoms in total. The van der Waals surface area contributed by atoms with Crippen molar-refractivity contribution in [1.29, 1.82) is 0 Å². The maximum absolute atomic E-state index is 13.2. The number of carbonyl (C=O) groups is 1. The zero-order chi connectivity index (χ0) is 21.6. The van der Waals surface area contributed by atoms with Gasteiger partial charge in [0.15, 0.2) is 5.82 Å². The highest BCUT2D eigenvalue weighted by Crippen LogP contribution is 2.29. The fourth-order valence-corrected chi connectivity index (χ4v) is 3.94. The Balaban J connectivity index is 1.40. The molecule has 1 unspecified atom stereocenters. The van der Waals surface area contributed by atoms with E-state index in [1.165, 1.54) is 0 Å². The molecule has 0 aliphatic carbocycles. The molecular formula is C25H28N4O2. The summed E-state index contributed by atoms with van der Waals surface area (Å²) in [5.41, 5.74) is 2.32. The van der Waals surface area contributed by atoms with E-state index >= 15 is 0 Å². The van der Waals surface area contributed by atoms with Crippen molar-refractivity contribution in [2.24, 2.45) is 0 Å². The van der Waals surface area contributed by atoms with Crippen LogP contribution < -0.4 is 9.64 Å². The van der Waals surface area contributed by atoms with Crippen LogP contribution in [0.5, 0.6) is 5.88 Å². The van der Waals surface area contributed by atoms with Gasteiger partial charge in [-0.2, -0.15) is 0 Å². The van der Waals surface area contributed by atoms with Crippen LogP contribution in [0.1, 0.15) is 29.9 Å². The fraction of sp³-hybridized carbons (Fsp3) is 0.320. The average molecular weight is 417 g/mol. The van der Waals surface area contributed by atoms with Gasteiger partial charge in [-0.1, -0.05) is 60.7 Å². The van der Waals surface area contributed by atoms with Crippen LogP contribution in [0.25, 0.3) is 0 Å². The molecule has 6 heteroatoms. The zero-order valence-electron chi connectivity index (χ0n) is 18.0. The Labute approximate surface area is 183 Å². The minimum Gasteiger partial charge on any atom is -0.471 e. The summed E-state index contributed by atoms with van der Waals surface area (Å²) >= 11 is 0. The maximum Gasteiger partial charge on any atom is 0.233 e. The number of benzene rings is 2. The molecule has 1 amide bonds. The SMILES string of the molecule is CN(C)c1ccc(OC2CCN(C(=O)CC(c3ccccc3)c3ccccc3)C2)nn1. The highest BCUT2D eigenvalue weighted by Gasteiger charge is 2.30. The minimum absolute atomic E-state index is 0.0410. The molecule has 0 bridgehead atoms. The van der Waals surface area contributed by atoms with Crippen molar-refractivity contribution in [1.82, 2.24) is 15.1 Å². The van der Waals surface area contributed by atoms with Crippen LogP contribution in [0, 0.1) is 0 Å². The molecule has 0 N–H and O–H groups in total. The minimum atomic E-state index is -0.0599. The third-order valence-corrected chi connectivity index (χ3v) is 5.65. The van der Waals surface area contributed by atoms with Crippen molar-refractivity contribution in [2.45, 2.75) is 24.9 Å². The van der Waals surface area contributed by atoms with Crippen LogP contribution in [0.15, 0.2) is 72.8 Å². The van der Waals surface area contributed by atoms with Gasteiger partial charge in [0.05, 0.1) is 6.54 Å². The van der Waals surface area contributed by atoms with Crippen LogP contribution in [-0.4, -0.2) is 54.3 Å². The predicted molar refractivity (Wildman–Crippen MR) is 121 cm³/mol. The summed E-state index contributed by atoms with van der Waals surface area (Å²) in [5.74, 6) is 1.47. The number of nitrogens with zero attached hydrogens (tertiary/aromatic N) is 4. The highest BCUT2D eigenvalue weighted by molar-refractivity contribution is 5.78. The molecule has 1 fully saturated rings. The Kier molecular flexibility index (Phi) is 6.46. The second-order valence-corrected chi connectivity index (χ2v) is 8.07. The van der Waals surface area contributed by atoms with E-state index in [9.17, 15) is 4.79 Å². The van der Waals surface area contributed by atoms with Gasteiger partial charge in [0, 0.05) is 45.5 Å². The molecule has 1 aromatic heterocycles. The molecule has 1 saturated heterocycles. The smallest absolute Gasteiger partial charge is 0.233 e. The normalized spacial score (nSPS) is 15.8. The number of carbonyl (C=O) groups excluding carboxylic acids is 1. The van der Waals surface area contributed by atoms with Crippen LogP contribution in [0.3, 0.4) is 0 Å². The van der Waals surface area contributed by atoms with Gasteiger partial charge in [-0.05, 0) is 17.2 Å². The highest BCUT2D eigenvalue weighted by atomic mass is 16.5. The lowest BCUT2D eigenvalue weighted by Gasteiger charge is -2.22. The van der Waals surface area contributed by atoms with E-state index in [0.29, 0.717) is 25.4 Å². The molecule has 1 aliphatic rings. The molecule has 1 aliphatic heterocycles. The van der Waals surface area contributed by atoms with E-state index in [1.54, 1.807) is 0 Å². The van der Waals surface area contributed by atoms with Gasteiger partial charge in [0.2, 0.25) is 11.8 Å². The van der Waals surface area contributed by atoms with Crippen LogP contribution in [0.4, 0.5) is 5.82 Å². The largest absolute Gasteiger partial charge is 0.471 e. The van der Waals surface area contributed by atoms with Gasteiger partial charge in [-0.3, -0.25) is 4.79 Å². The Morgan fingerprint density at radius 2 is 1.65 bits per heavy atom. The first-order valence-electron chi connectivity index (χ1n) is 10.7. The molecule has 0 saturated carbocycles. The Morgan fingerprint density at radius 1 is 1.00 bits per heavy atom. The van der Waals surface area contributed by atoms with E-state index in [2.05, 4.69) is 34.5 Å². The van der Waals surface area contributed by atoms with E-state index in [4.69, 9.17) is 4.74 Å². The number of hydrogen-bond donors (Lipinski definition) is 0. The first-order valence-corrected chi connectivity index (χ1v) is 10.7. The zero-order valence-corrected chi connectivity index (χ0v) is 18.0. The van der Waals surface area contributed by atoms with Crippen LogP contribution >= 0.6 is 0 Å². The first-order chi connectivity index (χ1) is 15.1. The van der Waals surface area contributed by atoms with Crippen molar-refractivity contribution in [2.75, 3.05) is 32.1 Å². The lowest BCUT2D eigenvalue weighted by atomic mass is 9.88. The monoisotopic (exact) mass is 416 g/mol. The molecule has 0 radical (unpaired) electrons. The van der Waals surface area contributed by atoms with Crippen LogP contribution in [0.2, 0.25) is 0 Å². The lowest BCUT2D eigenvalue weighted by molar-refractivity contribution is -0.130. The van der Waals surface area contributed by atoms with Gasteiger partial charge in [0.1, 0.15) is 6.10 Å². The number of amides is 1. The number of aromatic nitrogens is 2. The number of ether oxygens (including phenoxy) is 1. The topological polar surface area (TPSA) is 58.6 Å². The first kappa shape index (κ1) is 20.8. The third-order valence-electron chi connectivity index (χ3n) is 5.65. The summed E-state index contributed by atoms with van der Waals surface area (Å²) in [7, 11) is 3.84. The molecule has 2 aromatic carbocycles. The van der Waals surface area contributed by atoms with Gasteiger partial charge < -0.3 is 14.5 Å². The van der Waals surface area contributed by atoms with E-state index in [1.807, 2.05) is 72.4 Å². The second-order valence-electron chi connectivity index (χ2n) is 8.07. The Bertz CT molecular complexity index is 938. The molecule has 0 spiro atoms. The molecular weight excluding hydrogens is 388 g/mol. The standard InChI is InChI=1S/C25H28N4O2/c1-28(2)23-13-14-24(27-26-23)31-21-15-16-29(18-21)25(30)17-22(19-9-5-3-6-10-19)20-11-7-4-8-12-20/h3-14,21-22H,15-18H2,1-2H3. The fourth-order valence-electron chi connectivity index (χ4n) is 3.94. The molecule has 2 heterocycles. The van der Waals surface area contributed by atoms with Gasteiger partial charge in [-0.25, -0.2) is 0 Å². The van der Waals surface area contributed by atoms with E-state index < -0.39 is 0 Å². The molecule has 3 aromatic rings. The number of hydrogen-bond acceptors (Lipinski definition) is 5. The quantitative estimate of drug-likeness (QED) is 0.587. The van der Waals surface area contributed by atoms with Gasteiger partial charge >= 0.3 is 0 Å². The molecule has 4 rings (SSSR count). The summed E-state index contributed by atoms with van der Waals surface area (Å²) in [5, 5.41) is 8.30. The van der Waals surface area contributed by atoms with Crippen molar-refractivity contribution >= 4 is 11.7 Å². The summed E-state index contributed by atoms with van der Waals surface area (Å²) in [4.78, 5) is 17.0. The summed E-state index contributed by atoms with van der Waals surface area (Å²) in [6, 6.07) is 24.2. The summed E-state index contributed by atoms with van der Waals surface area (Å²) in [6.07, 6.45) is 1.18. The number of likely N-dealkylation sites (tertiary alicyclic amines) is 1. The van der Waals surface area contributed by atoms with E-state index in [-0.39, 0.29) is 17.9 Å². The molecule has 1 atom stereocenters. The predicted octanol–water partition coefficient (Wildman–Crippen LogP) is 3.74. The Hall–Kier alpha value is -3.41. The maximum atomic E-state index is 13.2. The number of anilines is 1. The van der Waals surface area contributed by atoms with Crippen molar-refractivity contribution < 1.29 is 9.53 Å². The lowest BCUT2D eigenvalue weighted by Crippen LogP contribution is -2.32. The van der Waals surface area contributed by atoms with Gasteiger partial charge in [-0.15, -0.1) is 10.2 Å². The van der Waals surface area contributed by atoms with Crippen molar-refractivity contribution in [3.63, 3.8) is 0 Å². The summed E-state index contributed by atoms with van der Waals surface area (Å²) < 4.78 is 5.98. The molecule has 160 valence electrons. The van der Waals surface area contributed by atoms with E-state index in [0.717, 1.165) is 23.4 Å².